The fourth-order valence-corrected chi connectivity index (χ4v) is 2.44. The number of hydrogen-bond donors (Lipinski definition) is 1. The van der Waals surface area contributed by atoms with Crippen LogP contribution in [0.2, 0.25) is 0 Å². The van der Waals surface area contributed by atoms with Crippen molar-refractivity contribution in [2.45, 2.75) is 45.3 Å². The van der Waals surface area contributed by atoms with Gasteiger partial charge in [-0.2, -0.15) is 0 Å². The van der Waals surface area contributed by atoms with Crippen LogP contribution in [0.1, 0.15) is 44.0 Å². The van der Waals surface area contributed by atoms with Crippen LogP contribution in [-0.2, 0) is 6.42 Å². The van der Waals surface area contributed by atoms with Crippen molar-refractivity contribution in [1.82, 2.24) is 9.88 Å². The number of nitrogens with zero attached hydrogens (tertiary/aromatic N) is 2. The number of pyridine rings is 1. The van der Waals surface area contributed by atoms with Gasteiger partial charge in [-0.25, -0.2) is 0 Å². The Kier molecular flexibility index (Phi) is 4.13. The molecule has 1 aliphatic heterocycles. The minimum absolute atomic E-state index is 0.158. The van der Waals surface area contributed by atoms with Gasteiger partial charge in [0.2, 0.25) is 0 Å². The minimum atomic E-state index is -0.158. The van der Waals surface area contributed by atoms with Crippen molar-refractivity contribution in [3.05, 3.63) is 29.6 Å². The average molecular weight is 234 g/mol. The Morgan fingerprint density at radius 2 is 2.35 bits per heavy atom. The molecule has 0 aromatic carbocycles. The van der Waals surface area contributed by atoms with Gasteiger partial charge >= 0.3 is 0 Å². The van der Waals surface area contributed by atoms with Crippen LogP contribution in [0.5, 0.6) is 0 Å². The van der Waals surface area contributed by atoms with Crippen molar-refractivity contribution in [1.29, 1.82) is 0 Å². The lowest BCUT2D eigenvalue weighted by atomic mass is 10.0. The number of aliphatic hydroxyl groups excluding tert-OH is 1. The zero-order valence-electron chi connectivity index (χ0n) is 10.8. The highest BCUT2D eigenvalue weighted by atomic mass is 16.3. The van der Waals surface area contributed by atoms with Crippen LogP contribution in [0.3, 0.4) is 0 Å². The largest absolute Gasteiger partial charge is 0.392 e. The molecule has 0 saturated carbocycles. The first-order valence-electron chi connectivity index (χ1n) is 6.57. The predicted molar refractivity (Wildman–Crippen MR) is 68.8 cm³/mol. The lowest BCUT2D eigenvalue weighted by Crippen LogP contribution is -2.39. The first-order chi connectivity index (χ1) is 8.20. The third-order valence-corrected chi connectivity index (χ3v) is 3.67. The zero-order chi connectivity index (χ0) is 12.3. The Morgan fingerprint density at radius 3 is 2.94 bits per heavy atom. The number of β-amino-alcohol motifs (C(OH)–C–C–N with tert-alkyl or cyclic N) is 1. The molecule has 1 aromatic heterocycles. The topological polar surface area (TPSA) is 36.4 Å². The number of piperidine rings is 1. The molecule has 2 rings (SSSR count). The van der Waals surface area contributed by atoms with Crippen molar-refractivity contribution in [3.63, 3.8) is 0 Å². The highest BCUT2D eigenvalue weighted by Crippen LogP contribution is 2.23. The van der Waals surface area contributed by atoms with Gasteiger partial charge in [0.15, 0.2) is 0 Å². The highest BCUT2D eigenvalue weighted by Gasteiger charge is 2.22. The maximum absolute atomic E-state index is 9.70. The monoisotopic (exact) mass is 234 g/mol. The number of rotatable bonds is 3. The van der Waals surface area contributed by atoms with Crippen LogP contribution >= 0.6 is 0 Å². The molecular formula is C14H22N2O. The summed E-state index contributed by atoms with van der Waals surface area (Å²) in [5.41, 5.74) is 2.39. The van der Waals surface area contributed by atoms with Crippen molar-refractivity contribution in [2.24, 2.45) is 0 Å². The molecule has 3 nitrogen and oxygen atoms in total. The van der Waals surface area contributed by atoms with Gasteiger partial charge < -0.3 is 5.11 Å². The molecule has 17 heavy (non-hydrogen) atoms. The molecule has 0 radical (unpaired) electrons. The summed E-state index contributed by atoms with van der Waals surface area (Å²) >= 11 is 0. The number of aromatic nitrogens is 1. The number of aliphatic hydroxyl groups is 1. The van der Waals surface area contributed by atoms with E-state index in [2.05, 4.69) is 35.9 Å². The van der Waals surface area contributed by atoms with Crippen molar-refractivity contribution < 1.29 is 5.11 Å². The molecule has 1 aliphatic rings. The Labute approximate surface area is 103 Å². The Bertz CT molecular complexity index is 350. The van der Waals surface area contributed by atoms with Crippen LogP contribution in [0, 0.1) is 0 Å². The van der Waals surface area contributed by atoms with E-state index in [1.54, 1.807) is 0 Å². The molecule has 1 unspecified atom stereocenters. The second kappa shape index (κ2) is 5.61. The summed E-state index contributed by atoms with van der Waals surface area (Å²) in [5.74, 6) is 0. The number of aryl methyl sites for hydroxylation is 1. The Hall–Kier alpha value is -0.930. The van der Waals surface area contributed by atoms with E-state index in [9.17, 15) is 5.11 Å². The molecule has 1 saturated heterocycles. The van der Waals surface area contributed by atoms with E-state index in [1.807, 2.05) is 6.20 Å². The average Bonchev–Trinajstić information content (AvgIpc) is 2.38. The molecule has 1 aromatic rings. The molecule has 94 valence electrons. The Balaban J connectivity index is 2.04. The molecule has 0 aliphatic carbocycles. The van der Waals surface area contributed by atoms with Crippen molar-refractivity contribution in [3.8, 4) is 0 Å². The van der Waals surface area contributed by atoms with Gasteiger partial charge in [-0.15, -0.1) is 0 Å². The van der Waals surface area contributed by atoms with E-state index in [-0.39, 0.29) is 6.10 Å². The lowest BCUT2D eigenvalue weighted by Gasteiger charge is -2.34. The van der Waals surface area contributed by atoms with E-state index in [0.717, 1.165) is 38.0 Å². The normalized spacial score (nSPS) is 23.6. The molecule has 0 amide bonds. The zero-order valence-corrected chi connectivity index (χ0v) is 10.8. The quantitative estimate of drug-likeness (QED) is 0.870. The molecule has 3 heteroatoms. The lowest BCUT2D eigenvalue weighted by molar-refractivity contribution is 0.0503. The van der Waals surface area contributed by atoms with Crippen molar-refractivity contribution >= 4 is 0 Å². The van der Waals surface area contributed by atoms with Crippen LogP contribution < -0.4 is 0 Å². The standard InChI is InChI=1S/C14H22N2O/c1-3-13-7-6-12(9-15-13)11(2)16-8-4-5-14(17)10-16/h6-7,9,11,14,17H,3-5,8,10H2,1-2H3/t11?,14-/m1/s1. The van der Waals surface area contributed by atoms with E-state index in [4.69, 9.17) is 0 Å². The van der Waals surface area contributed by atoms with Crippen LogP contribution in [0.25, 0.3) is 0 Å². The summed E-state index contributed by atoms with van der Waals surface area (Å²) in [6, 6.07) is 4.62. The number of likely N-dealkylation sites (tertiary alicyclic amines) is 1. The smallest absolute Gasteiger partial charge is 0.0667 e. The number of hydrogen-bond acceptors (Lipinski definition) is 3. The maximum Gasteiger partial charge on any atom is 0.0667 e. The second-order valence-electron chi connectivity index (χ2n) is 4.90. The van der Waals surface area contributed by atoms with Gasteiger partial charge in [0.1, 0.15) is 0 Å². The van der Waals surface area contributed by atoms with Gasteiger partial charge in [0.05, 0.1) is 6.10 Å². The fourth-order valence-electron chi connectivity index (χ4n) is 2.44. The van der Waals surface area contributed by atoms with Crippen LogP contribution in [0.15, 0.2) is 18.3 Å². The molecule has 1 fully saturated rings. The Morgan fingerprint density at radius 1 is 1.53 bits per heavy atom. The van der Waals surface area contributed by atoms with Crippen LogP contribution in [-0.4, -0.2) is 34.2 Å². The van der Waals surface area contributed by atoms with E-state index in [1.165, 1.54) is 5.56 Å². The molecule has 1 N–H and O–H groups in total. The first kappa shape index (κ1) is 12.5. The SMILES string of the molecule is CCc1ccc(C(C)N2CCC[C@@H](O)C2)cn1. The fraction of sp³-hybridized carbons (Fsp3) is 0.643. The third-order valence-electron chi connectivity index (χ3n) is 3.67. The summed E-state index contributed by atoms with van der Waals surface area (Å²) in [4.78, 5) is 6.79. The van der Waals surface area contributed by atoms with Gasteiger partial charge in [-0.1, -0.05) is 13.0 Å². The van der Waals surface area contributed by atoms with Gasteiger partial charge in [-0.3, -0.25) is 9.88 Å². The van der Waals surface area contributed by atoms with E-state index >= 15 is 0 Å². The second-order valence-corrected chi connectivity index (χ2v) is 4.90. The predicted octanol–water partition coefficient (Wildman–Crippen LogP) is 2.16. The first-order valence-corrected chi connectivity index (χ1v) is 6.57. The minimum Gasteiger partial charge on any atom is -0.392 e. The van der Waals surface area contributed by atoms with Gasteiger partial charge in [0.25, 0.3) is 0 Å². The third kappa shape index (κ3) is 3.05. The van der Waals surface area contributed by atoms with Crippen LogP contribution in [0.4, 0.5) is 0 Å². The molecular weight excluding hydrogens is 212 g/mol. The molecule has 0 spiro atoms. The van der Waals surface area contributed by atoms with Gasteiger partial charge in [0, 0.05) is 24.5 Å². The summed E-state index contributed by atoms with van der Waals surface area (Å²) in [5, 5.41) is 9.70. The summed E-state index contributed by atoms with van der Waals surface area (Å²) < 4.78 is 0. The summed E-state index contributed by atoms with van der Waals surface area (Å²) in [6.45, 7) is 6.18. The van der Waals surface area contributed by atoms with Gasteiger partial charge in [-0.05, 0) is 44.4 Å². The summed E-state index contributed by atoms with van der Waals surface area (Å²) in [6.07, 6.45) is 4.83. The molecule has 2 atom stereocenters. The molecule has 0 bridgehead atoms. The summed E-state index contributed by atoms with van der Waals surface area (Å²) in [7, 11) is 0. The molecule has 2 heterocycles. The maximum atomic E-state index is 9.70. The highest BCUT2D eigenvalue weighted by molar-refractivity contribution is 5.17. The van der Waals surface area contributed by atoms with Crippen molar-refractivity contribution in [2.75, 3.05) is 13.1 Å². The van der Waals surface area contributed by atoms with E-state index < -0.39 is 0 Å². The van der Waals surface area contributed by atoms with E-state index in [0.29, 0.717) is 6.04 Å².